The molecule has 0 bridgehead atoms. The van der Waals surface area contributed by atoms with Crippen LogP contribution >= 0.6 is 0 Å². The molecule has 202 valence electrons. The molecule has 0 saturated heterocycles. The highest BCUT2D eigenvalue weighted by atomic mass is 32.2. The molecule has 1 unspecified atom stereocenters. The van der Waals surface area contributed by atoms with Crippen LogP contribution < -0.4 is 13.8 Å². The fraction of sp³-hybridized carbons (Fsp3) is 0.296. The molecule has 0 aromatic heterocycles. The first-order chi connectivity index (χ1) is 17.8. The number of aliphatic carboxylic acids is 1. The highest BCUT2D eigenvalue weighted by Gasteiger charge is 2.37. The van der Waals surface area contributed by atoms with E-state index in [1.54, 1.807) is 18.2 Å². The topological polar surface area (TPSA) is 93.1 Å². The standard InChI is InChI=1S/C27H26F3NO6S/c1-17(2)36-22-10-13-25-24(15-22)18(3-14-26(32)33)16-31(25)38(34,35)23-11-8-21(9-12-23)37-20-6-4-19(5-7-20)27(28,29)30/h4-13,15,17-18H,3,14,16H2,1-2H3,(H,32,33). The summed E-state index contributed by atoms with van der Waals surface area (Å²) in [6, 6.07) is 14.8. The molecule has 11 heteroatoms. The smallest absolute Gasteiger partial charge is 0.416 e. The van der Waals surface area contributed by atoms with E-state index in [4.69, 9.17) is 14.6 Å². The number of hydrogen-bond donors (Lipinski definition) is 1. The zero-order chi connectivity index (χ0) is 27.7. The quantitative estimate of drug-likeness (QED) is 0.330. The van der Waals surface area contributed by atoms with Crippen molar-refractivity contribution in [3.63, 3.8) is 0 Å². The Bertz CT molecular complexity index is 1400. The van der Waals surface area contributed by atoms with Crippen LogP contribution in [0.25, 0.3) is 0 Å². The molecule has 1 heterocycles. The average molecular weight is 550 g/mol. The van der Waals surface area contributed by atoms with E-state index in [2.05, 4.69) is 0 Å². The van der Waals surface area contributed by atoms with Gasteiger partial charge in [0.25, 0.3) is 10.0 Å². The molecule has 0 aliphatic carbocycles. The van der Waals surface area contributed by atoms with Crippen LogP contribution in [0.5, 0.6) is 17.2 Å². The van der Waals surface area contributed by atoms with Gasteiger partial charge in [-0.25, -0.2) is 8.42 Å². The molecule has 0 radical (unpaired) electrons. The molecule has 0 fully saturated rings. The average Bonchev–Trinajstić information content (AvgIpc) is 3.21. The highest BCUT2D eigenvalue weighted by Crippen LogP contribution is 2.43. The summed E-state index contributed by atoms with van der Waals surface area (Å²) >= 11 is 0. The van der Waals surface area contributed by atoms with Crippen molar-refractivity contribution in [2.75, 3.05) is 10.8 Å². The molecule has 1 N–H and O–H groups in total. The monoisotopic (exact) mass is 549 g/mol. The molecule has 1 atom stereocenters. The van der Waals surface area contributed by atoms with Crippen molar-refractivity contribution in [3.05, 3.63) is 77.9 Å². The number of benzene rings is 3. The molecule has 1 aliphatic heterocycles. The van der Waals surface area contributed by atoms with Gasteiger partial charge < -0.3 is 14.6 Å². The molecule has 3 aromatic carbocycles. The van der Waals surface area contributed by atoms with E-state index in [9.17, 15) is 26.4 Å². The molecule has 4 rings (SSSR count). The number of ether oxygens (including phenoxy) is 2. The maximum Gasteiger partial charge on any atom is 0.416 e. The van der Waals surface area contributed by atoms with Gasteiger partial charge in [-0.2, -0.15) is 13.2 Å². The van der Waals surface area contributed by atoms with Crippen LogP contribution in [0.1, 0.15) is 43.7 Å². The van der Waals surface area contributed by atoms with Crippen LogP contribution in [0, 0.1) is 0 Å². The summed E-state index contributed by atoms with van der Waals surface area (Å²) in [7, 11) is -4.01. The fourth-order valence-electron chi connectivity index (χ4n) is 4.26. The molecule has 1 aliphatic rings. The van der Waals surface area contributed by atoms with E-state index in [0.29, 0.717) is 17.0 Å². The van der Waals surface area contributed by atoms with Crippen molar-refractivity contribution in [3.8, 4) is 17.2 Å². The van der Waals surface area contributed by atoms with E-state index in [0.717, 1.165) is 12.1 Å². The summed E-state index contributed by atoms with van der Waals surface area (Å²) in [4.78, 5) is 11.2. The summed E-state index contributed by atoms with van der Waals surface area (Å²) in [6.07, 6.45) is -4.39. The van der Waals surface area contributed by atoms with Gasteiger partial charge in [0.1, 0.15) is 17.2 Å². The second kappa shape index (κ2) is 10.6. The summed E-state index contributed by atoms with van der Waals surface area (Å²) < 4.78 is 78.0. The van der Waals surface area contributed by atoms with E-state index in [-0.39, 0.29) is 47.8 Å². The van der Waals surface area contributed by atoms with E-state index in [1.807, 2.05) is 13.8 Å². The number of carboxylic acid groups (broad SMARTS) is 1. The van der Waals surface area contributed by atoms with Gasteiger partial charge in [0.15, 0.2) is 0 Å². The summed E-state index contributed by atoms with van der Waals surface area (Å²) in [5, 5.41) is 9.16. The van der Waals surface area contributed by atoms with Gasteiger partial charge in [-0.3, -0.25) is 9.10 Å². The lowest BCUT2D eigenvalue weighted by Gasteiger charge is -2.20. The third kappa shape index (κ3) is 6.04. The predicted molar refractivity (Wildman–Crippen MR) is 134 cm³/mol. The normalized spacial score (nSPS) is 15.4. The Morgan fingerprint density at radius 3 is 2.13 bits per heavy atom. The van der Waals surface area contributed by atoms with Gasteiger partial charge in [-0.05, 0) is 92.6 Å². The number of rotatable bonds is 9. The van der Waals surface area contributed by atoms with Crippen molar-refractivity contribution < 1.29 is 41.0 Å². The Balaban J connectivity index is 1.56. The first-order valence-electron chi connectivity index (χ1n) is 11.8. The minimum absolute atomic E-state index is 0.00962. The lowest BCUT2D eigenvalue weighted by molar-refractivity contribution is -0.138. The van der Waals surface area contributed by atoms with Crippen molar-refractivity contribution in [2.24, 2.45) is 0 Å². The number of carbonyl (C=O) groups is 1. The number of nitrogens with zero attached hydrogens (tertiary/aromatic N) is 1. The van der Waals surface area contributed by atoms with Gasteiger partial charge >= 0.3 is 12.1 Å². The zero-order valence-electron chi connectivity index (χ0n) is 20.6. The molecule has 0 saturated carbocycles. The van der Waals surface area contributed by atoms with Gasteiger partial charge in [-0.15, -0.1) is 0 Å². The van der Waals surface area contributed by atoms with Crippen molar-refractivity contribution in [2.45, 2.75) is 49.8 Å². The van der Waals surface area contributed by atoms with Crippen LogP contribution in [-0.2, 0) is 21.0 Å². The highest BCUT2D eigenvalue weighted by molar-refractivity contribution is 7.92. The Morgan fingerprint density at radius 1 is 1.00 bits per heavy atom. The first-order valence-corrected chi connectivity index (χ1v) is 13.3. The fourth-order valence-corrected chi connectivity index (χ4v) is 5.79. The van der Waals surface area contributed by atoms with E-state index < -0.39 is 27.7 Å². The van der Waals surface area contributed by atoms with Crippen LogP contribution in [-0.4, -0.2) is 32.1 Å². The number of anilines is 1. The Hall–Kier alpha value is -3.73. The van der Waals surface area contributed by atoms with Crippen molar-refractivity contribution in [1.29, 1.82) is 0 Å². The number of alkyl halides is 3. The number of halogens is 3. The molecule has 38 heavy (non-hydrogen) atoms. The molecule has 0 spiro atoms. The van der Waals surface area contributed by atoms with E-state index >= 15 is 0 Å². The van der Waals surface area contributed by atoms with E-state index in [1.165, 1.54) is 40.7 Å². The Labute approximate surface area is 218 Å². The van der Waals surface area contributed by atoms with Gasteiger partial charge in [0.05, 0.1) is 22.3 Å². The minimum Gasteiger partial charge on any atom is -0.491 e. The Morgan fingerprint density at radius 2 is 1.58 bits per heavy atom. The van der Waals surface area contributed by atoms with Crippen molar-refractivity contribution in [1.82, 2.24) is 0 Å². The van der Waals surface area contributed by atoms with Crippen LogP contribution in [0.2, 0.25) is 0 Å². The maximum absolute atomic E-state index is 13.6. The number of fused-ring (bicyclic) bond motifs is 1. The molecule has 0 amide bonds. The molecular weight excluding hydrogens is 523 g/mol. The van der Waals surface area contributed by atoms with Gasteiger partial charge in [-0.1, -0.05) is 0 Å². The zero-order valence-corrected chi connectivity index (χ0v) is 21.4. The van der Waals surface area contributed by atoms with Crippen LogP contribution in [0.3, 0.4) is 0 Å². The lowest BCUT2D eigenvalue weighted by Crippen LogP contribution is -2.30. The molecule has 7 nitrogen and oxygen atoms in total. The first kappa shape index (κ1) is 27.3. The maximum atomic E-state index is 13.6. The SMILES string of the molecule is CC(C)Oc1ccc2c(c1)C(CCC(=O)O)CN2S(=O)(=O)c1ccc(Oc2ccc(C(F)(F)F)cc2)cc1. The predicted octanol–water partition coefficient (Wildman–Crippen LogP) is 6.44. The van der Waals surface area contributed by atoms with Crippen LogP contribution in [0.4, 0.5) is 18.9 Å². The Kier molecular flexibility index (Phi) is 7.59. The second-order valence-electron chi connectivity index (χ2n) is 9.15. The summed E-state index contributed by atoms with van der Waals surface area (Å²) in [6.45, 7) is 3.83. The third-order valence-corrected chi connectivity index (χ3v) is 7.80. The second-order valence-corrected chi connectivity index (χ2v) is 11.0. The van der Waals surface area contributed by atoms with Gasteiger partial charge in [0, 0.05) is 18.9 Å². The minimum atomic E-state index is -4.46. The van der Waals surface area contributed by atoms with Gasteiger partial charge in [0.2, 0.25) is 0 Å². The number of sulfonamides is 1. The lowest BCUT2D eigenvalue weighted by atomic mass is 9.96. The number of carboxylic acids is 1. The number of hydrogen-bond acceptors (Lipinski definition) is 5. The third-order valence-electron chi connectivity index (χ3n) is 6.00. The largest absolute Gasteiger partial charge is 0.491 e. The summed E-state index contributed by atoms with van der Waals surface area (Å²) in [5.41, 5.74) is 0.360. The van der Waals surface area contributed by atoms with Crippen LogP contribution in [0.15, 0.2) is 71.6 Å². The molecule has 3 aromatic rings. The summed E-state index contributed by atoms with van der Waals surface area (Å²) in [5.74, 6) is -0.300. The molecular formula is C27H26F3NO6S. The van der Waals surface area contributed by atoms with Crippen molar-refractivity contribution >= 4 is 21.7 Å².